The summed E-state index contributed by atoms with van der Waals surface area (Å²) in [5, 5.41) is 1.74. The van der Waals surface area contributed by atoms with Crippen molar-refractivity contribution in [2.24, 2.45) is 0 Å². The number of hydrogen-bond donors (Lipinski definition) is 1. The highest BCUT2D eigenvalue weighted by Crippen LogP contribution is 2.24. The van der Waals surface area contributed by atoms with Gasteiger partial charge in [0.05, 0.1) is 23.3 Å². The third-order valence-corrected chi connectivity index (χ3v) is 3.57. The molecule has 22 heavy (non-hydrogen) atoms. The van der Waals surface area contributed by atoms with Gasteiger partial charge < -0.3 is 4.42 Å². The predicted octanol–water partition coefficient (Wildman–Crippen LogP) is 1.82. The number of ketones is 1. The van der Waals surface area contributed by atoms with E-state index in [0.29, 0.717) is 11.5 Å². The molecule has 2 amide bonds. The lowest BCUT2D eigenvalue weighted by Gasteiger charge is -2.00. The van der Waals surface area contributed by atoms with Crippen LogP contribution >= 0.6 is 11.8 Å². The summed E-state index contributed by atoms with van der Waals surface area (Å²) in [5.41, 5.74) is 0.449. The van der Waals surface area contributed by atoms with Crippen LogP contribution in [0.15, 0.2) is 40.0 Å². The largest absolute Gasteiger partial charge is 0.461 e. The van der Waals surface area contributed by atoms with Crippen molar-refractivity contribution in [3.8, 4) is 0 Å². The highest BCUT2D eigenvalue weighted by atomic mass is 32.2. The summed E-state index contributed by atoms with van der Waals surface area (Å²) < 4.78 is 5.02. The minimum atomic E-state index is -0.457. The van der Waals surface area contributed by atoms with Crippen LogP contribution < -0.4 is 5.32 Å². The summed E-state index contributed by atoms with van der Waals surface area (Å²) in [4.78, 5) is 43.0. The van der Waals surface area contributed by atoms with Crippen molar-refractivity contribution in [2.45, 2.75) is 6.42 Å². The van der Waals surface area contributed by atoms with E-state index >= 15 is 0 Å². The van der Waals surface area contributed by atoms with E-state index in [0.717, 1.165) is 11.8 Å². The van der Waals surface area contributed by atoms with Crippen LogP contribution in [-0.2, 0) is 11.2 Å². The molecule has 0 atom stereocenters. The molecule has 0 bridgehead atoms. The molecule has 7 nitrogen and oxygen atoms in total. The normalized spacial score (nSPS) is 16.1. The van der Waals surface area contributed by atoms with Gasteiger partial charge >= 0.3 is 0 Å². The predicted molar refractivity (Wildman–Crippen MR) is 77.9 cm³/mol. The van der Waals surface area contributed by atoms with Crippen molar-refractivity contribution in [2.75, 3.05) is 0 Å². The SMILES string of the molecule is O=C1NC(=O)/C(=C/c2ccnc(CC(=O)c3ccco3)n2)S1. The van der Waals surface area contributed by atoms with Gasteiger partial charge in [-0.15, -0.1) is 0 Å². The molecule has 8 heteroatoms. The highest BCUT2D eigenvalue weighted by molar-refractivity contribution is 8.18. The zero-order chi connectivity index (χ0) is 15.5. The minimum absolute atomic E-state index is 0.0111. The molecular weight excluding hydrogens is 306 g/mol. The molecule has 0 radical (unpaired) electrons. The van der Waals surface area contributed by atoms with Crippen LogP contribution in [0.4, 0.5) is 4.79 Å². The first-order valence-electron chi connectivity index (χ1n) is 6.25. The Bertz CT molecular complexity index is 783. The summed E-state index contributed by atoms with van der Waals surface area (Å²) in [5.74, 6) is -0.144. The molecule has 0 spiro atoms. The molecule has 2 aromatic rings. The molecule has 1 fully saturated rings. The second-order valence-electron chi connectivity index (χ2n) is 4.33. The van der Waals surface area contributed by atoms with E-state index < -0.39 is 11.1 Å². The van der Waals surface area contributed by atoms with Gasteiger partial charge in [-0.1, -0.05) is 0 Å². The van der Waals surface area contributed by atoms with Crippen molar-refractivity contribution in [3.63, 3.8) is 0 Å². The Balaban J connectivity index is 1.78. The van der Waals surface area contributed by atoms with Crippen LogP contribution in [0, 0.1) is 0 Å². The molecule has 2 aromatic heterocycles. The van der Waals surface area contributed by atoms with Crippen molar-refractivity contribution in [3.05, 3.63) is 52.8 Å². The monoisotopic (exact) mass is 315 g/mol. The fourth-order valence-electron chi connectivity index (χ4n) is 1.80. The van der Waals surface area contributed by atoms with Crippen LogP contribution in [-0.4, -0.2) is 26.9 Å². The quantitative estimate of drug-likeness (QED) is 0.678. The lowest BCUT2D eigenvalue weighted by atomic mass is 10.2. The molecule has 1 N–H and O–H groups in total. The van der Waals surface area contributed by atoms with Crippen molar-refractivity contribution >= 4 is 34.8 Å². The van der Waals surface area contributed by atoms with Gasteiger partial charge in [0.25, 0.3) is 11.1 Å². The maximum absolute atomic E-state index is 11.9. The maximum atomic E-state index is 11.9. The number of nitrogens with zero attached hydrogens (tertiary/aromatic N) is 2. The number of carbonyl (C=O) groups excluding carboxylic acids is 3. The van der Waals surface area contributed by atoms with Gasteiger partial charge in [0.2, 0.25) is 5.78 Å². The average Bonchev–Trinajstić information content (AvgIpc) is 3.10. The van der Waals surface area contributed by atoms with Crippen LogP contribution in [0.25, 0.3) is 6.08 Å². The molecule has 3 rings (SSSR count). The summed E-state index contributed by atoms with van der Waals surface area (Å²) in [6.07, 6.45) is 4.38. The Morgan fingerprint density at radius 3 is 2.91 bits per heavy atom. The van der Waals surface area contributed by atoms with E-state index in [2.05, 4.69) is 15.3 Å². The minimum Gasteiger partial charge on any atom is -0.461 e. The van der Waals surface area contributed by atoms with Crippen molar-refractivity contribution in [1.29, 1.82) is 0 Å². The van der Waals surface area contributed by atoms with Crippen LogP contribution in [0.5, 0.6) is 0 Å². The molecular formula is C14H9N3O4S. The van der Waals surface area contributed by atoms with Crippen molar-refractivity contribution in [1.82, 2.24) is 15.3 Å². The molecule has 1 aliphatic rings. The first-order valence-corrected chi connectivity index (χ1v) is 7.07. The molecule has 0 aromatic carbocycles. The van der Waals surface area contributed by atoms with Gasteiger partial charge in [-0.3, -0.25) is 19.7 Å². The van der Waals surface area contributed by atoms with E-state index in [1.165, 1.54) is 18.5 Å². The van der Waals surface area contributed by atoms with Gasteiger partial charge in [-0.2, -0.15) is 0 Å². The van der Waals surface area contributed by atoms with Gasteiger partial charge in [0.15, 0.2) is 5.76 Å². The third-order valence-electron chi connectivity index (χ3n) is 2.76. The summed E-state index contributed by atoms with van der Waals surface area (Å²) in [6, 6.07) is 4.78. The zero-order valence-corrected chi connectivity index (χ0v) is 11.9. The molecule has 3 heterocycles. The third kappa shape index (κ3) is 3.12. The fourth-order valence-corrected chi connectivity index (χ4v) is 2.47. The highest BCUT2D eigenvalue weighted by Gasteiger charge is 2.25. The van der Waals surface area contributed by atoms with E-state index in [1.807, 2.05) is 0 Å². The average molecular weight is 315 g/mol. The molecule has 1 saturated heterocycles. The number of thioether (sulfide) groups is 1. The summed E-state index contributed by atoms with van der Waals surface area (Å²) in [7, 11) is 0. The second kappa shape index (κ2) is 5.94. The Kier molecular flexibility index (Phi) is 3.84. The number of rotatable bonds is 4. The van der Waals surface area contributed by atoms with Gasteiger partial charge in [-0.25, -0.2) is 9.97 Å². The molecule has 0 aliphatic carbocycles. The molecule has 110 valence electrons. The van der Waals surface area contributed by atoms with Gasteiger partial charge in [0, 0.05) is 6.20 Å². The fraction of sp³-hybridized carbons (Fsp3) is 0.0714. The Morgan fingerprint density at radius 2 is 2.23 bits per heavy atom. The number of aromatic nitrogens is 2. The van der Waals surface area contributed by atoms with Crippen LogP contribution in [0.1, 0.15) is 22.1 Å². The number of imide groups is 1. The zero-order valence-electron chi connectivity index (χ0n) is 11.1. The lowest BCUT2D eigenvalue weighted by Crippen LogP contribution is -2.17. The summed E-state index contributed by atoms with van der Waals surface area (Å²) >= 11 is 0.805. The van der Waals surface area contributed by atoms with E-state index in [1.54, 1.807) is 18.2 Å². The lowest BCUT2D eigenvalue weighted by molar-refractivity contribution is -0.115. The number of nitrogens with one attached hydrogen (secondary N) is 1. The molecule has 1 aliphatic heterocycles. The number of furan rings is 1. The van der Waals surface area contributed by atoms with E-state index in [4.69, 9.17) is 4.42 Å². The van der Waals surface area contributed by atoms with Gasteiger partial charge in [-0.05, 0) is 36.0 Å². The molecule has 0 unspecified atom stereocenters. The molecule has 0 saturated carbocycles. The Morgan fingerprint density at radius 1 is 1.36 bits per heavy atom. The maximum Gasteiger partial charge on any atom is 0.290 e. The number of Topliss-reactive ketones (excluding diaryl/α,β-unsaturated/α-hetero) is 1. The van der Waals surface area contributed by atoms with Crippen molar-refractivity contribution < 1.29 is 18.8 Å². The van der Waals surface area contributed by atoms with Gasteiger partial charge in [0.1, 0.15) is 5.82 Å². The van der Waals surface area contributed by atoms with Crippen LogP contribution in [0.3, 0.4) is 0 Å². The Labute approximate surface area is 128 Å². The second-order valence-corrected chi connectivity index (χ2v) is 5.34. The Hall–Kier alpha value is -2.74. The number of carbonyl (C=O) groups is 3. The topological polar surface area (TPSA) is 102 Å². The van der Waals surface area contributed by atoms with E-state index in [-0.39, 0.29) is 22.9 Å². The number of amides is 2. The summed E-state index contributed by atoms with van der Waals surface area (Å²) in [6.45, 7) is 0. The smallest absolute Gasteiger partial charge is 0.290 e. The standard InChI is InChI=1S/C14H9N3O4S/c18-9(10-2-1-5-21-10)7-12-15-4-3-8(16-12)6-11-13(19)17-14(20)22-11/h1-6H,7H2,(H,17,19,20)/b11-6-. The first kappa shape index (κ1) is 14.2. The number of hydrogen-bond acceptors (Lipinski definition) is 7. The van der Waals surface area contributed by atoms with E-state index in [9.17, 15) is 14.4 Å². The van der Waals surface area contributed by atoms with Crippen LogP contribution in [0.2, 0.25) is 0 Å². The first-order chi connectivity index (χ1) is 10.6.